The van der Waals surface area contributed by atoms with Crippen molar-refractivity contribution in [2.75, 3.05) is 7.11 Å². The summed E-state index contributed by atoms with van der Waals surface area (Å²) in [5.74, 6) is -0.820. The van der Waals surface area contributed by atoms with Crippen LogP contribution < -0.4 is 10.1 Å². The van der Waals surface area contributed by atoms with Gasteiger partial charge >= 0.3 is 0 Å². The third-order valence-corrected chi connectivity index (χ3v) is 3.26. The van der Waals surface area contributed by atoms with Crippen molar-refractivity contribution in [1.29, 1.82) is 0 Å². The monoisotopic (exact) mass is 295 g/mol. The van der Waals surface area contributed by atoms with Gasteiger partial charge in [-0.1, -0.05) is 0 Å². The molecule has 2 nitrogen and oxygen atoms in total. The Balaban J connectivity index is 2.13. The van der Waals surface area contributed by atoms with E-state index in [4.69, 9.17) is 4.74 Å². The van der Waals surface area contributed by atoms with Gasteiger partial charge in [0.05, 0.1) is 7.11 Å². The zero-order valence-corrected chi connectivity index (χ0v) is 11.8. The molecule has 1 unspecified atom stereocenters. The van der Waals surface area contributed by atoms with E-state index in [1.807, 2.05) is 0 Å². The predicted molar refractivity (Wildman–Crippen MR) is 74.6 cm³/mol. The van der Waals surface area contributed by atoms with Crippen LogP contribution in [0.25, 0.3) is 0 Å². The Morgan fingerprint density at radius 2 is 1.71 bits per heavy atom. The number of ether oxygens (including phenoxy) is 1. The fourth-order valence-corrected chi connectivity index (χ4v) is 2.10. The van der Waals surface area contributed by atoms with Crippen LogP contribution >= 0.6 is 0 Å². The lowest BCUT2D eigenvalue weighted by Gasteiger charge is -2.17. The summed E-state index contributed by atoms with van der Waals surface area (Å²) >= 11 is 0. The van der Waals surface area contributed by atoms with Crippen LogP contribution in [0.3, 0.4) is 0 Å². The van der Waals surface area contributed by atoms with Crippen LogP contribution in [-0.2, 0) is 6.54 Å². The van der Waals surface area contributed by atoms with Crippen LogP contribution in [0, 0.1) is 17.5 Å². The van der Waals surface area contributed by atoms with Crippen molar-refractivity contribution in [1.82, 2.24) is 5.32 Å². The van der Waals surface area contributed by atoms with Crippen molar-refractivity contribution < 1.29 is 17.9 Å². The summed E-state index contributed by atoms with van der Waals surface area (Å²) in [6.45, 7) is 1.93. The molecule has 0 fully saturated rings. The highest BCUT2D eigenvalue weighted by Crippen LogP contribution is 2.26. The molecule has 0 spiro atoms. The first-order chi connectivity index (χ1) is 10.0. The third-order valence-electron chi connectivity index (χ3n) is 3.26. The van der Waals surface area contributed by atoms with Crippen molar-refractivity contribution in [3.05, 3.63) is 65.0 Å². The summed E-state index contributed by atoms with van der Waals surface area (Å²) in [7, 11) is 1.50. The van der Waals surface area contributed by atoms with Crippen molar-refractivity contribution in [2.45, 2.75) is 19.5 Å². The maximum Gasteiger partial charge on any atom is 0.127 e. The zero-order valence-electron chi connectivity index (χ0n) is 11.8. The summed E-state index contributed by atoms with van der Waals surface area (Å²) in [5.41, 5.74) is 0.839. The molecule has 2 rings (SSSR count). The SMILES string of the molecule is COc1ccc(F)cc1C(C)NCc1cc(F)ccc1F. The van der Waals surface area contributed by atoms with Gasteiger partial charge in [0.25, 0.3) is 0 Å². The van der Waals surface area contributed by atoms with Gasteiger partial charge in [0, 0.05) is 23.7 Å². The molecule has 5 heteroatoms. The molecule has 0 heterocycles. The largest absolute Gasteiger partial charge is 0.496 e. The van der Waals surface area contributed by atoms with Gasteiger partial charge in [-0.25, -0.2) is 13.2 Å². The molecule has 0 radical (unpaired) electrons. The van der Waals surface area contributed by atoms with E-state index in [0.29, 0.717) is 11.3 Å². The van der Waals surface area contributed by atoms with Gasteiger partial charge in [-0.05, 0) is 43.3 Å². The number of methoxy groups -OCH3 is 1. The molecule has 0 aromatic heterocycles. The standard InChI is InChI=1S/C16H16F3NO/c1-10(14-8-13(18)4-6-16(14)21-2)20-9-11-7-12(17)3-5-15(11)19/h3-8,10,20H,9H2,1-2H3. The van der Waals surface area contributed by atoms with Gasteiger partial charge in [0.2, 0.25) is 0 Å². The quantitative estimate of drug-likeness (QED) is 0.901. The first-order valence-corrected chi connectivity index (χ1v) is 6.52. The van der Waals surface area contributed by atoms with Crippen LogP contribution in [0.2, 0.25) is 0 Å². The van der Waals surface area contributed by atoms with E-state index in [9.17, 15) is 13.2 Å². The van der Waals surface area contributed by atoms with Crippen molar-refractivity contribution in [2.24, 2.45) is 0 Å². The van der Waals surface area contributed by atoms with Crippen molar-refractivity contribution >= 4 is 0 Å². The van der Waals surface area contributed by atoms with Gasteiger partial charge in [0.1, 0.15) is 23.2 Å². The smallest absolute Gasteiger partial charge is 0.127 e. The molecule has 2 aromatic rings. The zero-order chi connectivity index (χ0) is 15.4. The number of nitrogens with one attached hydrogen (secondary N) is 1. The summed E-state index contributed by atoms with van der Waals surface area (Å²) in [5, 5.41) is 3.03. The minimum atomic E-state index is -0.496. The molecule has 112 valence electrons. The van der Waals surface area contributed by atoms with E-state index in [2.05, 4.69) is 5.32 Å². The van der Waals surface area contributed by atoms with Crippen LogP contribution in [0.15, 0.2) is 36.4 Å². The topological polar surface area (TPSA) is 21.3 Å². The lowest BCUT2D eigenvalue weighted by atomic mass is 10.1. The maximum absolute atomic E-state index is 13.5. The fraction of sp³-hybridized carbons (Fsp3) is 0.250. The molecule has 0 aliphatic rings. The number of halogens is 3. The van der Waals surface area contributed by atoms with E-state index < -0.39 is 11.6 Å². The van der Waals surface area contributed by atoms with E-state index in [1.54, 1.807) is 6.92 Å². The third kappa shape index (κ3) is 3.76. The fourth-order valence-electron chi connectivity index (χ4n) is 2.10. The summed E-state index contributed by atoms with van der Waals surface area (Å²) in [4.78, 5) is 0. The Bertz CT molecular complexity index is 631. The predicted octanol–water partition coefficient (Wildman–Crippen LogP) is 3.96. The molecular weight excluding hydrogens is 279 g/mol. The van der Waals surface area contributed by atoms with Crippen LogP contribution in [0.5, 0.6) is 5.75 Å². The molecule has 1 atom stereocenters. The molecule has 0 aliphatic carbocycles. The van der Waals surface area contributed by atoms with Crippen molar-refractivity contribution in [3.8, 4) is 5.75 Å². The lowest BCUT2D eigenvalue weighted by Crippen LogP contribution is -2.19. The Morgan fingerprint density at radius 1 is 1.05 bits per heavy atom. The maximum atomic E-state index is 13.5. The van der Waals surface area contributed by atoms with Crippen molar-refractivity contribution in [3.63, 3.8) is 0 Å². The van der Waals surface area contributed by atoms with E-state index >= 15 is 0 Å². The van der Waals surface area contributed by atoms with Crippen LogP contribution in [0.4, 0.5) is 13.2 Å². The average molecular weight is 295 g/mol. The lowest BCUT2D eigenvalue weighted by molar-refractivity contribution is 0.399. The molecule has 0 amide bonds. The molecule has 0 bridgehead atoms. The molecule has 21 heavy (non-hydrogen) atoms. The van der Waals surface area contributed by atoms with E-state index in [1.165, 1.54) is 25.3 Å². The Kier molecular flexibility index (Phi) is 4.85. The minimum absolute atomic E-state index is 0.129. The highest BCUT2D eigenvalue weighted by molar-refractivity contribution is 5.36. The first kappa shape index (κ1) is 15.4. The summed E-state index contributed by atoms with van der Waals surface area (Å²) < 4.78 is 45.1. The Labute approximate surface area is 121 Å². The highest BCUT2D eigenvalue weighted by Gasteiger charge is 2.13. The van der Waals surface area contributed by atoms with Gasteiger partial charge < -0.3 is 10.1 Å². The van der Waals surface area contributed by atoms with Gasteiger partial charge in [-0.2, -0.15) is 0 Å². The summed E-state index contributed by atoms with van der Waals surface area (Å²) in [6.07, 6.45) is 0. The molecule has 1 N–H and O–H groups in total. The second-order valence-corrected chi connectivity index (χ2v) is 4.72. The molecule has 0 saturated heterocycles. The molecular formula is C16H16F3NO. The highest BCUT2D eigenvalue weighted by atomic mass is 19.1. The number of hydrogen-bond donors (Lipinski definition) is 1. The minimum Gasteiger partial charge on any atom is -0.496 e. The van der Waals surface area contributed by atoms with Gasteiger partial charge in [0.15, 0.2) is 0 Å². The average Bonchev–Trinajstić information content (AvgIpc) is 2.47. The van der Waals surface area contributed by atoms with Gasteiger partial charge in [-0.3, -0.25) is 0 Å². The number of hydrogen-bond acceptors (Lipinski definition) is 2. The first-order valence-electron chi connectivity index (χ1n) is 6.52. The van der Waals surface area contributed by atoms with E-state index in [0.717, 1.165) is 18.2 Å². The van der Waals surface area contributed by atoms with E-state index in [-0.39, 0.29) is 24.0 Å². The van der Waals surface area contributed by atoms with Crippen LogP contribution in [0.1, 0.15) is 24.1 Å². The van der Waals surface area contributed by atoms with Gasteiger partial charge in [-0.15, -0.1) is 0 Å². The Morgan fingerprint density at radius 3 is 2.43 bits per heavy atom. The number of benzene rings is 2. The Hall–Kier alpha value is -2.01. The second kappa shape index (κ2) is 6.63. The van der Waals surface area contributed by atoms with Crippen LogP contribution in [-0.4, -0.2) is 7.11 Å². The second-order valence-electron chi connectivity index (χ2n) is 4.72. The molecule has 0 saturated carbocycles. The molecule has 0 aliphatic heterocycles. The normalized spacial score (nSPS) is 12.2. The molecule has 2 aromatic carbocycles. The number of rotatable bonds is 5. The summed E-state index contributed by atoms with van der Waals surface area (Å²) in [6, 6.07) is 7.21.